The molecule has 0 atom stereocenters. The number of rotatable bonds is 6. The van der Waals surface area contributed by atoms with Crippen molar-refractivity contribution >= 4 is 17.8 Å². The van der Waals surface area contributed by atoms with Gasteiger partial charge in [-0.1, -0.05) is 35.9 Å². The number of carbonyl (C=O) groups excluding carboxylic acids is 2. The van der Waals surface area contributed by atoms with Gasteiger partial charge in [0, 0.05) is 5.56 Å². The Kier molecular flexibility index (Phi) is 6.02. The van der Waals surface area contributed by atoms with Crippen LogP contribution in [0.3, 0.4) is 0 Å². The average Bonchev–Trinajstić information content (AvgIpc) is 2.73. The maximum Gasteiger partial charge on any atom is 0.343 e. The lowest BCUT2D eigenvalue weighted by Gasteiger charge is -2.05. The molecule has 0 amide bonds. The highest BCUT2D eigenvalue weighted by atomic mass is 16.5. The van der Waals surface area contributed by atoms with Crippen LogP contribution in [0.1, 0.15) is 31.8 Å². The molecule has 0 heterocycles. The normalized spacial score (nSPS) is 10.6. The first-order valence-electron chi connectivity index (χ1n) is 8.80. The summed E-state index contributed by atoms with van der Waals surface area (Å²) >= 11 is 0. The smallest absolute Gasteiger partial charge is 0.343 e. The van der Waals surface area contributed by atoms with E-state index in [0.29, 0.717) is 16.9 Å². The summed E-state index contributed by atoms with van der Waals surface area (Å²) in [5.41, 5.74) is 2.93. The molecule has 0 unspecified atom stereocenters. The number of aryl methyl sites for hydroxylation is 1. The minimum Gasteiger partial charge on any atom is -0.497 e. The fourth-order valence-corrected chi connectivity index (χ4v) is 2.56. The number of esters is 1. The molecule has 4 nitrogen and oxygen atoms in total. The molecule has 3 rings (SSSR count). The molecule has 0 aliphatic heterocycles. The number of ketones is 1. The van der Waals surface area contributed by atoms with E-state index in [1.165, 1.54) is 6.08 Å². The van der Waals surface area contributed by atoms with E-state index in [4.69, 9.17) is 9.47 Å². The van der Waals surface area contributed by atoms with Crippen LogP contribution < -0.4 is 9.47 Å². The minimum absolute atomic E-state index is 0.140. The summed E-state index contributed by atoms with van der Waals surface area (Å²) in [6.07, 6.45) is 3.23. The fourth-order valence-electron chi connectivity index (χ4n) is 2.56. The van der Waals surface area contributed by atoms with E-state index >= 15 is 0 Å². The number of hydrogen-bond acceptors (Lipinski definition) is 4. The van der Waals surface area contributed by atoms with Gasteiger partial charge in [0.15, 0.2) is 5.78 Å². The first-order valence-corrected chi connectivity index (χ1v) is 8.80. The standard InChI is InChI=1S/C24H20O4/c1-17-6-9-20(10-7-17)24(26)28-21-13-11-19(12-14-21)23(25)15-8-18-4-3-5-22(16-18)27-2/h3-16H,1-2H3. The number of methoxy groups -OCH3 is 1. The van der Waals surface area contributed by atoms with Gasteiger partial charge in [0.2, 0.25) is 0 Å². The molecule has 4 heteroatoms. The summed E-state index contributed by atoms with van der Waals surface area (Å²) < 4.78 is 10.5. The molecule has 0 saturated carbocycles. The van der Waals surface area contributed by atoms with Crippen molar-refractivity contribution in [3.63, 3.8) is 0 Å². The van der Waals surface area contributed by atoms with Crippen molar-refractivity contribution in [1.29, 1.82) is 0 Å². The molecule has 28 heavy (non-hydrogen) atoms. The third-order valence-electron chi connectivity index (χ3n) is 4.16. The largest absolute Gasteiger partial charge is 0.497 e. The summed E-state index contributed by atoms with van der Waals surface area (Å²) in [4.78, 5) is 24.5. The molecule has 0 aliphatic rings. The highest BCUT2D eigenvalue weighted by Gasteiger charge is 2.09. The van der Waals surface area contributed by atoms with Crippen molar-refractivity contribution in [3.8, 4) is 11.5 Å². The summed E-state index contributed by atoms with van der Waals surface area (Å²) in [7, 11) is 1.60. The Morgan fingerprint density at radius 1 is 0.821 bits per heavy atom. The summed E-state index contributed by atoms with van der Waals surface area (Å²) in [5, 5.41) is 0. The average molecular weight is 372 g/mol. The first-order chi connectivity index (χ1) is 13.5. The van der Waals surface area contributed by atoms with Gasteiger partial charge in [0.05, 0.1) is 12.7 Å². The van der Waals surface area contributed by atoms with Crippen molar-refractivity contribution in [2.45, 2.75) is 6.92 Å². The van der Waals surface area contributed by atoms with Crippen LogP contribution >= 0.6 is 0 Å². The van der Waals surface area contributed by atoms with E-state index in [0.717, 1.165) is 16.9 Å². The molecule has 0 bridgehead atoms. The Morgan fingerprint density at radius 2 is 1.50 bits per heavy atom. The Labute approximate surface area is 164 Å². The Hall–Kier alpha value is -3.66. The van der Waals surface area contributed by atoms with Crippen molar-refractivity contribution in [3.05, 3.63) is 101 Å². The molecule has 3 aromatic rings. The summed E-state index contributed by atoms with van der Waals surface area (Å²) in [6.45, 7) is 1.95. The maximum absolute atomic E-state index is 12.3. The van der Waals surface area contributed by atoms with Gasteiger partial charge < -0.3 is 9.47 Å². The molecular formula is C24H20O4. The van der Waals surface area contributed by atoms with Crippen molar-refractivity contribution in [2.24, 2.45) is 0 Å². The second kappa shape index (κ2) is 8.82. The van der Waals surface area contributed by atoms with Crippen LogP contribution in [0.4, 0.5) is 0 Å². The van der Waals surface area contributed by atoms with Crippen LogP contribution in [0.15, 0.2) is 78.9 Å². The highest BCUT2D eigenvalue weighted by Crippen LogP contribution is 2.17. The van der Waals surface area contributed by atoms with Gasteiger partial charge >= 0.3 is 5.97 Å². The Bertz CT molecular complexity index is 1000. The monoisotopic (exact) mass is 372 g/mol. The molecule has 3 aromatic carbocycles. The topological polar surface area (TPSA) is 52.6 Å². The van der Waals surface area contributed by atoms with Gasteiger partial charge in [-0.15, -0.1) is 0 Å². The molecular weight excluding hydrogens is 352 g/mol. The predicted molar refractivity (Wildman–Crippen MR) is 109 cm³/mol. The molecule has 0 saturated heterocycles. The van der Waals surface area contributed by atoms with Gasteiger partial charge in [-0.3, -0.25) is 4.79 Å². The number of benzene rings is 3. The molecule has 0 N–H and O–H groups in total. The van der Waals surface area contributed by atoms with Crippen LogP contribution in [0.25, 0.3) is 6.08 Å². The van der Waals surface area contributed by atoms with Crippen LogP contribution in [-0.4, -0.2) is 18.9 Å². The summed E-state index contributed by atoms with van der Waals surface area (Å²) in [6, 6.07) is 21.1. The van der Waals surface area contributed by atoms with E-state index < -0.39 is 5.97 Å². The molecule has 0 aliphatic carbocycles. The van der Waals surface area contributed by atoms with Crippen molar-refractivity contribution in [2.75, 3.05) is 7.11 Å². The lowest BCUT2D eigenvalue weighted by Crippen LogP contribution is -2.08. The Morgan fingerprint density at radius 3 is 2.18 bits per heavy atom. The third-order valence-corrected chi connectivity index (χ3v) is 4.16. The summed E-state index contributed by atoms with van der Waals surface area (Å²) in [5.74, 6) is 0.546. The lowest BCUT2D eigenvalue weighted by atomic mass is 10.1. The number of allylic oxidation sites excluding steroid dienone is 1. The first kappa shape index (κ1) is 19.1. The molecule has 0 aromatic heterocycles. The van der Waals surface area contributed by atoms with Crippen LogP contribution in [0, 0.1) is 6.92 Å². The molecule has 0 fully saturated rings. The lowest BCUT2D eigenvalue weighted by molar-refractivity contribution is 0.0734. The quantitative estimate of drug-likeness (QED) is 0.261. The predicted octanol–water partition coefficient (Wildman–Crippen LogP) is 5.12. The third kappa shape index (κ3) is 4.95. The van der Waals surface area contributed by atoms with Crippen molar-refractivity contribution < 1.29 is 19.1 Å². The van der Waals surface area contributed by atoms with Gasteiger partial charge in [0.1, 0.15) is 11.5 Å². The van der Waals surface area contributed by atoms with Crippen LogP contribution in [0.2, 0.25) is 0 Å². The SMILES string of the molecule is COc1cccc(C=CC(=O)c2ccc(OC(=O)c3ccc(C)cc3)cc2)c1. The molecule has 0 radical (unpaired) electrons. The van der Waals surface area contributed by atoms with Gasteiger partial charge in [0.25, 0.3) is 0 Å². The van der Waals surface area contributed by atoms with Gasteiger partial charge in [-0.25, -0.2) is 4.79 Å². The molecule has 140 valence electrons. The van der Waals surface area contributed by atoms with E-state index in [2.05, 4.69) is 0 Å². The number of hydrogen-bond donors (Lipinski definition) is 0. The van der Waals surface area contributed by atoms with Crippen LogP contribution in [-0.2, 0) is 0 Å². The van der Waals surface area contributed by atoms with E-state index in [-0.39, 0.29) is 5.78 Å². The second-order valence-corrected chi connectivity index (χ2v) is 6.25. The van der Waals surface area contributed by atoms with E-state index in [9.17, 15) is 9.59 Å². The second-order valence-electron chi connectivity index (χ2n) is 6.25. The maximum atomic E-state index is 12.3. The zero-order valence-electron chi connectivity index (χ0n) is 15.7. The minimum atomic E-state index is -0.433. The molecule has 0 spiro atoms. The van der Waals surface area contributed by atoms with Gasteiger partial charge in [-0.2, -0.15) is 0 Å². The van der Waals surface area contributed by atoms with Crippen LogP contribution in [0.5, 0.6) is 11.5 Å². The number of ether oxygens (including phenoxy) is 2. The van der Waals surface area contributed by atoms with E-state index in [1.54, 1.807) is 49.6 Å². The highest BCUT2D eigenvalue weighted by molar-refractivity contribution is 6.06. The Balaban J connectivity index is 1.64. The zero-order chi connectivity index (χ0) is 19.9. The van der Waals surface area contributed by atoms with Crippen molar-refractivity contribution in [1.82, 2.24) is 0 Å². The zero-order valence-corrected chi connectivity index (χ0v) is 15.7. The fraction of sp³-hybridized carbons (Fsp3) is 0.0833. The van der Waals surface area contributed by atoms with E-state index in [1.807, 2.05) is 43.3 Å². The number of carbonyl (C=O) groups is 2. The van der Waals surface area contributed by atoms with Gasteiger partial charge in [-0.05, 0) is 67.1 Å².